The van der Waals surface area contributed by atoms with Crippen LogP contribution in [0.5, 0.6) is 0 Å². The van der Waals surface area contributed by atoms with Gasteiger partial charge in [-0.3, -0.25) is 14.4 Å². The maximum Gasteiger partial charge on any atom is 0.306 e. The first-order valence-corrected chi connectivity index (χ1v) is 30.4. The zero-order valence-electron chi connectivity index (χ0n) is 45.9. The minimum Gasteiger partial charge on any atom is -0.462 e. The van der Waals surface area contributed by atoms with E-state index in [1.807, 2.05) is 0 Å². The van der Waals surface area contributed by atoms with Gasteiger partial charge in [-0.25, -0.2) is 0 Å². The maximum atomic E-state index is 12.8. The van der Waals surface area contributed by atoms with E-state index in [-0.39, 0.29) is 31.1 Å². The highest BCUT2D eigenvalue weighted by Gasteiger charge is 2.19. The summed E-state index contributed by atoms with van der Waals surface area (Å²) in [6.07, 6.45) is 60.9. The van der Waals surface area contributed by atoms with E-state index in [0.29, 0.717) is 19.3 Å². The monoisotopic (exact) mass is 947 g/mol. The molecular weight excluding hydrogens is 829 g/mol. The number of unbranched alkanes of at least 4 members (excludes halogenated alkanes) is 42. The van der Waals surface area contributed by atoms with Gasteiger partial charge in [0.25, 0.3) is 0 Å². The summed E-state index contributed by atoms with van der Waals surface area (Å²) in [5, 5.41) is 0. The van der Waals surface area contributed by atoms with Crippen molar-refractivity contribution >= 4 is 17.9 Å². The molecule has 0 radical (unpaired) electrons. The topological polar surface area (TPSA) is 78.9 Å². The molecule has 0 aromatic carbocycles. The van der Waals surface area contributed by atoms with E-state index in [1.165, 1.54) is 244 Å². The van der Waals surface area contributed by atoms with Crippen molar-refractivity contribution in [3.8, 4) is 0 Å². The predicted molar refractivity (Wildman–Crippen MR) is 289 cm³/mol. The van der Waals surface area contributed by atoms with Crippen molar-refractivity contribution in [2.75, 3.05) is 13.2 Å². The van der Waals surface area contributed by atoms with Crippen molar-refractivity contribution < 1.29 is 28.6 Å². The second kappa shape index (κ2) is 55.3. The van der Waals surface area contributed by atoms with Gasteiger partial charge in [-0.1, -0.05) is 310 Å². The van der Waals surface area contributed by atoms with Gasteiger partial charge in [-0.05, 0) is 25.2 Å². The number of rotatable bonds is 56. The fourth-order valence-electron chi connectivity index (χ4n) is 9.42. The molecule has 6 heteroatoms. The molecule has 1 unspecified atom stereocenters. The lowest BCUT2D eigenvalue weighted by molar-refractivity contribution is -0.167. The van der Waals surface area contributed by atoms with Gasteiger partial charge in [0.2, 0.25) is 0 Å². The second-order valence-corrected chi connectivity index (χ2v) is 21.2. The van der Waals surface area contributed by atoms with Crippen LogP contribution in [0.3, 0.4) is 0 Å². The third-order valence-corrected chi connectivity index (χ3v) is 14.4. The number of esters is 3. The number of hydrogen-bond acceptors (Lipinski definition) is 6. The number of ether oxygens (including phenoxy) is 3. The SMILES string of the molecule is CCCCCCCCCCCCCCCCC(=O)O[C@H](COC(=O)CCCCCCCCCCCCCCC)COC(=O)CCCCCCCCCCCCCCCCCCCCC(C)CC. The lowest BCUT2D eigenvalue weighted by Gasteiger charge is -2.18. The summed E-state index contributed by atoms with van der Waals surface area (Å²) in [6.45, 7) is 9.11. The van der Waals surface area contributed by atoms with Gasteiger partial charge >= 0.3 is 17.9 Å². The van der Waals surface area contributed by atoms with Gasteiger partial charge in [0.05, 0.1) is 0 Å². The molecule has 0 aliphatic heterocycles. The molecule has 0 amide bonds. The quantitative estimate of drug-likeness (QED) is 0.0343. The molecular formula is C61H118O6. The van der Waals surface area contributed by atoms with Crippen LogP contribution in [0.2, 0.25) is 0 Å². The van der Waals surface area contributed by atoms with E-state index in [9.17, 15) is 14.4 Å². The van der Waals surface area contributed by atoms with Gasteiger partial charge in [0.1, 0.15) is 13.2 Å². The minimum absolute atomic E-state index is 0.0614. The molecule has 0 N–H and O–H groups in total. The zero-order chi connectivity index (χ0) is 48.8. The number of carbonyl (C=O) groups is 3. The predicted octanol–water partition coefficient (Wildman–Crippen LogP) is 20.2. The lowest BCUT2D eigenvalue weighted by atomic mass is 9.99. The van der Waals surface area contributed by atoms with Crippen LogP contribution in [-0.2, 0) is 28.6 Å². The maximum absolute atomic E-state index is 12.8. The van der Waals surface area contributed by atoms with Crippen LogP contribution in [-0.4, -0.2) is 37.2 Å². The highest BCUT2D eigenvalue weighted by molar-refractivity contribution is 5.71. The molecule has 0 saturated heterocycles. The normalized spacial score (nSPS) is 12.4. The molecule has 0 aromatic heterocycles. The fourth-order valence-corrected chi connectivity index (χ4v) is 9.42. The Balaban J connectivity index is 4.22. The van der Waals surface area contributed by atoms with Crippen molar-refractivity contribution in [2.24, 2.45) is 5.92 Å². The molecule has 0 spiro atoms. The Morgan fingerprint density at radius 1 is 0.299 bits per heavy atom. The van der Waals surface area contributed by atoms with Crippen LogP contribution in [0.15, 0.2) is 0 Å². The zero-order valence-corrected chi connectivity index (χ0v) is 45.9. The average Bonchev–Trinajstić information content (AvgIpc) is 3.33. The van der Waals surface area contributed by atoms with Gasteiger partial charge in [0.15, 0.2) is 6.10 Å². The Hall–Kier alpha value is -1.59. The van der Waals surface area contributed by atoms with Crippen LogP contribution < -0.4 is 0 Å². The summed E-state index contributed by atoms with van der Waals surface area (Å²) >= 11 is 0. The standard InChI is InChI=1S/C61H118O6/c1-5-8-10-12-14-16-18-20-29-34-38-42-46-50-54-61(64)67-58(55-65-59(62)52-48-44-40-36-32-27-19-17-15-13-11-9-6-2)56-66-60(63)53-49-45-41-37-33-30-26-24-22-21-23-25-28-31-35-39-43-47-51-57(4)7-3/h57-58H,5-56H2,1-4H3/t57?,58-/m1/s1. The largest absolute Gasteiger partial charge is 0.462 e. The Morgan fingerprint density at radius 2 is 0.522 bits per heavy atom. The average molecular weight is 948 g/mol. The summed E-state index contributed by atoms with van der Waals surface area (Å²) in [4.78, 5) is 38.2. The summed E-state index contributed by atoms with van der Waals surface area (Å²) in [5.74, 6) is 0.0781. The second-order valence-electron chi connectivity index (χ2n) is 21.2. The molecule has 0 aliphatic rings. The first kappa shape index (κ1) is 65.4. The van der Waals surface area contributed by atoms with E-state index < -0.39 is 6.10 Å². The summed E-state index contributed by atoms with van der Waals surface area (Å²) < 4.78 is 16.9. The van der Waals surface area contributed by atoms with Gasteiger partial charge < -0.3 is 14.2 Å². The highest BCUT2D eigenvalue weighted by atomic mass is 16.6. The molecule has 0 fully saturated rings. The Bertz CT molecular complexity index is 1010. The third-order valence-electron chi connectivity index (χ3n) is 14.4. The molecule has 0 rings (SSSR count). The highest BCUT2D eigenvalue weighted by Crippen LogP contribution is 2.19. The van der Waals surface area contributed by atoms with E-state index in [0.717, 1.165) is 63.7 Å². The first-order chi connectivity index (χ1) is 32.9. The molecule has 2 atom stereocenters. The molecule has 0 bridgehead atoms. The molecule has 0 saturated carbocycles. The molecule has 0 aliphatic carbocycles. The van der Waals surface area contributed by atoms with E-state index in [1.54, 1.807) is 0 Å². The minimum atomic E-state index is -0.761. The molecule has 6 nitrogen and oxygen atoms in total. The van der Waals surface area contributed by atoms with Crippen molar-refractivity contribution in [2.45, 2.75) is 355 Å². The van der Waals surface area contributed by atoms with Crippen LogP contribution in [0.4, 0.5) is 0 Å². The number of hydrogen-bond donors (Lipinski definition) is 0. The van der Waals surface area contributed by atoms with Crippen LogP contribution in [0.1, 0.15) is 349 Å². The summed E-state index contributed by atoms with van der Waals surface area (Å²) in [5.41, 5.74) is 0. The molecule has 0 heterocycles. The first-order valence-electron chi connectivity index (χ1n) is 30.4. The smallest absolute Gasteiger partial charge is 0.306 e. The van der Waals surface area contributed by atoms with Crippen LogP contribution in [0.25, 0.3) is 0 Å². The summed E-state index contributed by atoms with van der Waals surface area (Å²) in [6, 6.07) is 0. The lowest BCUT2D eigenvalue weighted by Crippen LogP contribution is -2.30. The van der Waals surface area contributed by atoms with Crippen LogP contribution in [0, 0.1) is 5.92 Å². The van der Waals surface area contributed by atoms with Gasteiger partial charge in [-0.2, -0.15) is 0 Å². The van der Waals surface area contributed by atoms with E-state index >= 15 is 0 Å². The Labute approximate surface area is 418 Å². The number of carbonyl (C=O) groups excluding carboxylic acids is 3. The molecule has 0 aromatic rings. The van der Waals surface area contributed by atoms with Gasteiger partial charge in [-0.15, -0.1) is 0 Å². The van der Waals surface area contributed by atoms with E-state index in [4.69, 9.17) is 14.2 Å². The Kier molecular flexibility index (Phi) is 54.0. The van der Waals surface area contributed by atoms with Crippen molar-refractivity contribution in [1.82, 2.24) is 0 Å². The van der Waals surface area contributed by atoms with Crippen molar-refractivity contribution in [3.63, 3.8) is 0 Å². The van der Waals surface area contributed by atoms with Crippen molar-refractivity contribution in [1.29, 1.82) is 0 Å². The fraction of sp³-hybridized carbons (Fsp3) is 0.951. The third kappa shape index (κ3) is 53.6. The molecule has 67 heavy (non-hydrogen) atoms. The molecule has 398 valence electrons. The van der Waals surface area contributed by atoms with E-state index in [2.05, 4.69) is 27.7 Å². The van der Waals surface area contributed by atoms with Gasteiger partial charge in [0, 0.05) is 19.3 Å². The van der Waals surface area contributed by atoms with Crippen molar-refractivity contribution in [3.05, 3.63) is 0 Å². The Morgan fingerprint density at radius 3 is 0.776 bits per heavy atom. The summed E-state index contributed by atoms with van der Waals surface area (Å²) in [7, 11) is 0. The van der Waals surface area contributed by atoms with Crippen LogP contribution >= 0.6 is 0 Å².